The summed E-state index contributed by atoms with van der Waals surface area (Å²) in [6.07, 6.45) is 3.90. The Bertz CT molecular complexity index is 1100. The lowest BCUT2D eigenvalue weighted by Crippen LogP contribution is -2.27. The number of benzene rings is 2. The number of para-hydroxylation sites is 1. The average molecular weight is 419 g/mol. The minimum atomic E-state index is -0.161. The number of carbonyl (C=O) groups is 1. The SMILES string of the molecule is Cn1cc(/C=C2\SC(=S)N(c3ccc(Cl)c(Cl)c3)C2=O)c2ccccc21. The minimum absolute atomic E-state index is 0.161. The number of aromatic nitrogens is 1. The molecule has 4 rings (SSSR count). The van der Waals surface area contributed by atoms with Crippen molar-refractivity contribution >= 4 is 80.1 Å². The number of anilines is 1. The third-order valence-electron chi connectivity index (χ3n) is 4.17. The lowest BCUT2D eigenvalue weighted by atomic mass is 10.1. The minimum Gasteiger partial charge on any atom is -0.350 e. The van der Waals surface area contributed by atoms with Crippen molar-refractivity contribution in [2.24, 2.45) is 7.05 Å². The van der Waals surface area contributed by atoms with Crippen molar-refractivity contribution in [2.45, 2.75) is 0 Å². The number of carbonyl (C=O) groups excluding carboxylic acids is 1. The molecule has 1 amide bonds. The number of hydrogen-bond donors (Lipinski definition) is 0. The monoisotopic (exact) mass is 418 g/mol. The quantitative estimate of drug-likeness (QED) is 0.383. The average Bonchev–Trinajstić information content (AvgIpc) is 3.08. The first kappa shape index (κ1) is 17.6. The molecule has 0 aliphatic carbocycles. The molecule has 2 aromatic carbocycles. The summed E-state index contributed by atoms with van der Waals surface area (Å²) in [6.45, 7) is 0. The summed E-state index contributed by atoms with van der Waals surface area (Å²) in [6, 6.07) is 13.1. The summed E-state index contributed by atoms with van der Waals surface area (Å²) < 4.78 is 2.51. The van der Waals surface area contributed by atoms with E-state index in [0.717, 1.165) is 16.5 Å². The summed E-state index contributed by atoms with van der Waals surface area (Å²) in [5, 5.41) is 1.92. The predicted octanol–water partition coefficient (Wildman–Crippen LogP) is 5.89. The van der Waals surface area contributed by atoms with E-state index in [4.69, 9.17) is 35.4 Å². The van der Waals surface area contributed by atoms with Crippen LogP contribution in [0.25, 0.3) is 17.0 Å². The summed E-state index contributed by atoms with van der Waals surface area (Å²) in [4.78, 5) is 15.0. The van der Waals surface area contributed by atoms with E-state index in [0.29, 0.717) is 25.0 Å². The van der Waals surface area contributed by atoms with Gasteiger partial charge in [0.15, 0.2) is 4.32 Å². The van der Waals surface area contributed by atoms with Crippen molar-refractivity contribution < 1.29 is 4.79 Å². The number of halogens is 2. The second kappa shape index (κ2) is 6.74. The molecule has 0 saturated carbocycles. The number of thioether (sulfide) groups is 1. The fourth-order valence-electron chi connectivity index (χ4n) is 2.94. The van der Waals surface area contributed by atoms with Crippen LogP contribution >= 0.6 is 47.2 Å². The highest BCUT2D eigenvalue weighted by atomic mass is 35.5. The van der Waals surface area contributed by atoms with Crippen LogP contribution < -0.4 is 4.90 Å². The van der Waals surface area contributed by atoms with Gasteiger partial charge < -0.3 is 4.57 Å². The summed E-state index contributed by atoms with van der Waals surface area (Å²) in [7, 11) is 1.99. The highest BCUT2D eigenvalue weighted by Crippen LogP contribution is 2.38. The maximum atomic E-state index is 12.9. The van der Waals surface area contributed by atoms with Crippen molar-refractivity contribution in [3.05, 3.63) is 69.2 Å². The van der Waals surface area contributed by atoms with Gasteiger partial charge in [-0.15, -0.1) is 0 Å². The molecule has 0 atom stereocenters. The molecular weight excluding hydrogens is 407 g/mol. The van der Waals surface area contributed by atoms with E-state index in [2.05, 4.69) is 0 Å². The predicted molar refractivity (Wildman–Crippen MR) is 115 cm³/mol. The van der Waals surface area contributed by atoms with Crippen molar-refractivity contribution in [3.63, 3.8) is 0 Å². The largest absolute Gasteiger partial charge is 0.350 e. The van der Waals surface area contributed by atoms with Crippen LogP contribution in [0.5, 0.6) is 0 Å². The van der Waals surface area contributed by atoms with Gasteiger partial charge in [-0.05, 0) is 30.3 Å². The smallest absolute Gasteiger partial charge is 0.270 e. The van der Waals surface area contributed by atoms with Crippen LogP contribution in [-0.2, 0) is 11.8 Å². The normalized spacial score (nSPS) is 16.3. The number of aryl methyl sites for hydroxylation is 1. The van der Waals surface area contributed by atoms with Gasteiger partial charge in [-0.1, -0.05) is 65.4 Å². The molecule has 1 aromatic heterocycles. The molecule has 26 heavy (non-hydrogen) atoms. The molecule has 1 aliphatic rings. The first-order chi connectivity index (χ1) is 12.5. The lowest BCUT2D eigenvalue weighted by molar-refractivity contribution is -0.113. The third kappa shape index (κ3) is 2.95. The van der Waals surface area contributed by atoms with Gasteiger partial charge in [0, 0.05) is 29.7 Å². The summed E-state index contributed by atoms with van der Waals surface area (Å²) in [5.74, 6) is -0.161. The Kier molecular flexibility index (Phi) is 4.57. The molecule has 7 heteroatoms. The van der Waals surface area contributed by atoms with Crippen molar-refractivity contribution in [2.75, 3.05) is 4.90 Å². The Morgan fingerprint density at radius 2 is 1.88 bits per heavy atom. The Hall–Kier alpha value is -1.79. The van der Waals surface area contributed by atoms with E-state index in [9.17, 15) is 4.79 Å². The van der Waals surface area contributed by atoms with E-state index in [-0.39, 0.29) is 5.91 Å². The Morgan fingerprint density at radius 1 is 1.12 bits per heavy atom. The maximum Gasteiger partial charge on any atom is 0.270 e. The van der Waals surface area contributed by atoms with Crippen LogP contribution in [0.1, 0.15) is 5.56 Å². The van der Waals surface area contributed by atoms with Crippen LogP contribution in [0.3, 0.4) is 0 Å². The molecule has 0 radical (unpaired) electrons. The highest BCUT2D eigenvalue weighted by molar-refractivity contribution is 8.27. The number of amides is 1. The van der Waals surface area contributed by atoms with E-state index in [1.807, 2.05) is 48.2 Å². The number of thiocarbonyl (C=S) groups is 1. The van der Waals surface area contributed by atoms with Gasteiger partial charge in [0.1, 0.15) is 0 Å². The van der Waals surface area contributed by atoms with Gasteiger partial charge in [0.05, 0.1) is 20.6 Å². The maximum absolute atomic E-state index is 12.9. The second-order valence-electron chi connectivity index (χ2n) is 5.83. The lowest BCUT2D eigenvalue weighted by Gasteiger charge is -2.15. The van der Waals surface area contributed by atoms with Crippen LogP contribution in [0, 0.1) is 0 Å². The molecule has 130 valence electrons. The van der Waals surface area contributed by atoms with Gasteiger partial charge in [-0.25, -0.2) is 0 Å². The summed E-state index contributed by atoms with van der Waals surface area (Å²) >= 11 is 18.8. The van der Waals surface area contributed by atoms with Crippen molar-refractivity contribution in [3.8, 4) is 0 Å². The molecule has 0 unspecified atom stereocenters. The molecule has 0 bridgehead atoms. The van der Waals surface area contributed by atoms with Crippen LogP contribution in [-0.4, -0.2) is 14.8 Å². The molecule has 1 saturated heterocycles. The van der Waals surface area contributed by atoms with Gasteiger partial charge in [-0.3, -0.25) is 9.69 Å². The van der Waals surface area contributed by atoms with Crippen LogP contribution in [0.2, 0.25) is 10.0 Å². The van der Waals surface area contributed by atoms with E-state index in [1.165, 1.54) is 16.7 Å². The van der Waals surface area contributed by atoms with Gasteiger partial charge >= 0.3 is 0 Å². The van der Waals surface area contributed by atoms with Crippen molar-refractivity contribution in [1.82, 2.24) is 4.57 Å². The van der Waals surface area contributed by atoms with Gasteiger partial charge in [0.25, 0.3) is 5.91 Å². The molecule has 1 aliphatic heterocycles. The third-order valence-corrected chi connectivity index (χ3v) is 6.21. The number of fused-ring (bicyclic) bond motifs is 1. The fraction of sp³-hybridized carbons (Fsp3) is 0.0526. The first-order valence-corrected chi connectivity index (χ1v) is 9.71. The molecule has 1 fully saturated rings. The molecule has 0 spiro atoms. The zero-order chi connectivity index (χ0) is 18.4. The standard InChI is InChI=1S/C19H12Cl2N2OS2/c1-22-10-11(13-4-2-3-5-16(13)22)8-17-18(24)23(19(25)26-17)12-6-7-14(20)15(21)9-12/h2-10H,1H3/b17-8-. The molecule has 3 nitrogen and oxygen atoms in total. The number of hydrogen-bond acceptors (Lipinski definition) is 3. The number of nitrogens with zero attached hydrogens (tertiary/aromatic N) is 2. The summed E-state index contributed by atoms with van der Waals surface area (Å²) in [5.41, 5.74) is 2.71. The van der Waals surface area contributed by atoms with Crippen molar-refractivity contribution in [1.29, 1.82) is 0 Å². The Balaban J connectivity index is 1.74. The molecule has 3 aromatic rings. The van der Waals surface area contributed by atoms with E-state index < -0.39 is 0 Å². The number of rotatable bonds is 2. The first-order valence-electron chi connectivity index (χ1n) is 7.73. The molecule has 0 N–H and O–H groups in total. The molecular formula is C19H12Cl2N2OS2. The van der Waals surface area contributed by atoms with Gasteiger partial charge in [-0.2, -0.15) is 0 Å². The second-order valence-corrected chi connectivity index (χ2v) is 8.32. The van der Waals surface area contributed by atoms with E-state index in [1.54, 1.807) is 18.2 Å². The van der Waals surface area contributed by atoms with E-state index >= 15 is 0 Å². The Morgan fingerprint density at radius 3 is 2.65 bits per heavy atom. The van der Waals surface area contributed by atoms with Gasteiger partial charge in [0.2, 0.25) is 0 Å². The Labute approximate surface area is 170 Å². The topological polar surface area (TPSA) is 25.2 Å². The zero-order valence-electron chi connectivity index (χ0n) is 13.6. The zero-order valence-corrected chi connectivity index (χ0v) is 16.7. The van der Waals surface area contributed by atoms with Crippen LogP contribution in [0.15, 0.2) is 53.6 Å². The molecule has 2 heterocycles. The highest BCUT2D eigenvalue weighted by Gasteiger charge is 2.33. The van der Waals surface area contributed by atoms with Crippen LogP contribution in [0.4, 0.5) is 5.69 Å². The fourth-order valence-corrected chi connectivity index (χ4v) is 4.53.